The average Bonchev–Trinajstić information content (AvgIpc) is 2.20. The van der Waals surface area contributed by atoms with Crippen molar-refractivity contribution in [2.24, 2.45) is 0 Å². The van der Waals surface area contributed by atoms with Gasteiger partial charge in [0, 0.05) is 16.2 Å². The van der Waals surface area contributed by atoms with Crippen LogP contribution in [0.1, 0.15) is 5.56 Å². The molecule has 0 aliphatic carbocycles. The minimum Gasteiger partial charge on any atom is -0.256 e. The van der Waals surface area contributed by atoms with Gasteiger partial charge >= 0.3 is 0 Å². The smallest absolute Gasteiger partial charge is 0.0742 e. The summed E-state index contributed by atoms with van der Waals surface area (Å²) in [5, 5.41) is 0. The van der Waals surface area contributed by atoms with Gasteiger partial charge in [-0.3, -0.25) is 4.98 Å². The molecule has 14 heavy (non-hydrogen) atoms. The summed E-state index contributed by atoms with van der Waals surface area (Å²) in [6, 6.07) is 12.2. The molecule has 0 amide bonds. The minimum absolute atomic E-state index is 1.04. The van der Waals surface area contributed by atoms with Gasteiger partial charge in [0.1, 0.15) is 0 Å². The lowest BCUT2D eigenvalue weighted by atomic mass is 10.1. The molecule has 2 rings (SSSR count). The second-order valence-corrected chi connectivity index (χ2v) is 4.00. The Morgan fingerprint density at radius 2 is 1.86 bits per heavy atom. The molecule has 1 nitrogen and oxygen atoms in total. The van der Waals surface area contributed by atoms with E-state index in [0.717, 1.165) is 15.7 Å². The van der Waals surface area contributed by atoms with Gasteiger partial charge in [-0.25, -0.2) is 0 Å². The van der Waals surface area contributed by atoms with Crippen LogP contribution in [-0.4, -0.2) is 4.98 Å². The summed E-state index contributed by atoms with van der Waals surface area (Å²) in [5.41, 5.74) is 3.38. The molecule has 70 valence electrons. The zero-order chi connectivity index (χ0) is 9.97. The van der Waals surface area contributed by atoms with Crippen molar-refractivity contribution < 1.29 is 0 Å². The minimum atomic E-state index is 1.04. The summed E-state index contributed by atoms with van der Waals surface area (Å²) in [6.45, 7) is 2.07. The van der Waals surface area contributed by atoms with Gasteiger partial charge in [-0.1, -0.05) is 40.2 Å². The van der Waals surface area contributed by atoms with Gasteiger partial charge < -0.3 is 0 Å². The highest BCUT2D eigenvalue weighted by molar-refractivity contribution is 9.10. The van der Waals surface area contributed by atoms with Gasteiger partial charge in [-0.2, -0.15) is 0 Å². The highest BCUT2D eigenvalue weighted by Crippen LogP contribution is 2.27. The molecule has 0 bridgehead atoms. The summed E-state index contributed by atoms with van der Waals surface area (Å²) in [5.74, 6) is 0. The van der Waals surface area contributed by atoms with E-state index in [1.807, 2.05) is 30.5 Å². The molecule has 0 spiro atoms. The molecule has 2 heteroatoms. The molecule has 1 aromatic carbocycles. The number of halogens is 1. The third-order valence-electron chi connectivity index (χ3n) is 2.14. The van der Waals surface area contributed by atoms with Crippen molar-refractivity contribution in [2.75, 3.05) is 0 Å². The summed E-state index contributed by atoms with van der Waals surface area (Å²) in [6.07, 6.45) is 1.82. The number of aromatic nitrogens is 1. The van der Waals surface area contributed by atoms with Crippen molar-refractivity contribution in [3.63, 3.8) is 0 Å². The van der Waals surface area contributed by atoms with Crippen LogP contribution >= 0.6 is 15.9 Å². The first-order chi connectivity index (χ1) is 6.79. The van der Waals surface area contributed by atoms with Crippen molar-refractivity contribution >= 4 is 15.9 Å². The van der Waals surface area contributed by atoms with Gasteiger partial charge in [0.15, 0.2) is 0 Å². The SMILES string of the molecule is Cc1cccnc1-c1ccccc1Br. The van der Waals surface area contributed by atoms with Gasteiger partial charge in [-0.05, 0) is 24.6 Å². The van der Waals surface area contributed by atoms with Gasteiger partial charge in [0.25, 0.3) is 0 Å². The second kappa shape index (κ2) is 3.93. The Morgan fingerprint density at radius 3 is 2.57 bits per heavy atom. The largest absolute Gasteiger partial charge is 0.256 e. The first kappa shape index (κ1) is 9.41. The van der Waals surface area contributed by atoms with Crippen molar-refractivity contribution in [1.29, 1.82) is 0 Å². The Balaban J connectivity index is 2.61. The van der Waals surface area contributed by atoms with E-state index in [2.05, 4.69) is 40.0 Å². The summed E-state index contributed by atoms with van der Waals surface area (Å²) in [7, 11) is 0. The van der Waals surface area contributed by atoms with E-state index >= 15 is 0 Å². The van der Waals surface area contributed by atoms with Gasteiger partial charge in [-0.15, -0.1) is 0 Å². The lowest BCUT2D eigenvalue weighted by Gasteiger charge is -2.05. The molecule has 0 fully saturated rings. The molecule has 0 N–H and O–H groups in total. The maximum atomic E-state index is 4.38. The monoisotopic (exact) mass is 247 g/mol. The van der Waals surface area contributed by atoms with E-state index in [9.17, 15) is 0 Å². The Hall–Kier alpha value is -1.15. The van der Waals surface area contributed by atoms with Crippen LogP contribution < -0.4 is 0 Å². The van der Waals surface area contributed by atoms with Crippen LogP contribution in [0.4, 0.5) is 0 Å². The molecular formula is C12H10BrN. The van der Waals surface area contributed by atoms with Crippen LogP contribution in [0.15, 0.2) is 47.1 Å². The molecule has 0 saturated carbocycles. The molecular weight excluding hydrogens is 238 g/mol. The van der Waals surface area contributed by atoms with Gasteiger partial charge in [0.05, 0.1) is 5.69 Å². The van der Waals surface area contributed by atoms with Crippen molar-refractivity contribution in [3.8, 4) is 11.3 Å². The lowest BCUT2D eigenvalue weighted by molar-refractivity contribution is 1.27. The van der Waals surface area contributed by atoms with E-state index in [1.54, 1.807) is 0 Å². The standard InChI is InChI=1S/C12H10BrN/c1-9-5-4-8-14-12(9)10-6-2-3-7-11(10)13/h2-8H,1H3. The fourth-order valence-corrected chi connectivity index (χ4v) is 1.89. The Bertz CT molecular complexity index is 408. The summed E-state index contributed by atoms with van der Waals surface area (Å²) in [4.78, 5) is 4.38. The predicted octanol–water partition coefficient (Wildman–Crippen LogP) is 3.82. The predicted molar refractivity (Wildman–Crippen MR) is 62.1 cm³/mol. The Morgan fingerprint density at radius 1 is 1.07 bits per heavy atom. The number of aryl methyl sites for hydroxylation is 1. The van der Waals surface area contributed by atoms with Crippen LogP contribution in [0.25, 0.3) is 11.3 Å². The molecule has 1 heterocycles. The highest BCUT2D eigenvalue weighted by Gasteiger charge is 2.05. The van der Waals surface area contributed by atoms with Crippen LogP contribution in [0.5, 0.6) is 0 Å². The fourth-order valence-electron chi connectivity index (χ4n) is 1.42. The van der Waals surface area contributed by atoms with Crippen LogP contribution in [0.3, 0.4) is 0 Å². The van der Waals surface area contributed by atoms with Crippen LogP contribution in [0, 0.1) is 6.92 Å². The number of nitrogens with zero attached hydrogens (tertiary/aromatic N) is 1. The molecule has 0 unspecified atom stereocenters. The zero-order valence-corrected chi connectivity index (χ0v) is 9.45. The van der Waals surface area contributed by atoms with Crippen molar-refractivity contribution in [2.45, 2.75) is 6.92 Å². The van der Waals surface area contributed by atoms with E-state index in [0.29, 0.717) is 0 Å². The highest BCUT2D eigenvalue weighted by atomic mass is 79.9. The summed E-state index contributed by atoms with van der Waals surface area (Å²) >= 11 is 3.53. The maximum Gasteiger partial charge on any atom is 0.0742 e. The third-order valence-corrected chi connectivity index (χ3v) is 2.83. The molecule has 1 aromatic heterocycles. The number of benzene rings is 1. The Kier molecular flexibility index (Phi) is 2.64. The molecule has 2 aromatic rings. The van der Waals surface area contributed by atoms with E-state index < -0.39 is 0 Å². The third kappa shape index (κ3) is 1.70. The van der Waals surface area contributed by atoms with Gasteiger partial charge in [0.2, 0.25) is 0 Å². The topological polar surface area (TPSA) is 12.9 Å². The van der Waals surface area contributed by atoms with Crippen LogP contribution in [0.2, 0.25) is 0 Å². The quantitative estimate of drug-likeness (QED) is 0.747. The first-order valence-electron chi connectivity index (χ1n) is 4.45. The molecule has 0 radical (unpaired) electrons. The number of hydrogen-bond acceptors (Lipinski definition) is 1. The lowest BCUT2D eigenvalue weighted by Crippen LogP contribution is -1.87. The molecule has 0 aliphatic heterocycles. The Labute approximate surface area is 91.9 Å². The number of pyridine rings is 1. The average molecular weight is 248 g/mol. The van der Waals surface area contributed by atoms with Crippen molar-refractivity contribution in [3.05, 3.63) is 52.6 Å². The van der Waals surface area contributed by atoms with E-state index in [-0.39, 0.29) is 0 Å². The fraction of sp³-hybridized carbons (Fsp3) is 0.0833. The normalized spacial score (nSPS) is 10.1. The first-order valence-corrected chi connectivity index (χ1v) is 5.25. The number of rotatable bonds is 1. The number of hydrogen-bond donors (Lipinski definition) is 0. The summed E-state index contributed by atoms with van der Waals surface area (Å²) < 4.78 is 1.09. The van der Waals surface area contributed by atoms with Crippen LogP contribution in [-0.2, 0) is 0 Å². The molecule has 0 atom stereocenters. The zero-order valence-electron chi connectivity index (χ0n) is 7.87. The second-order valence-electron chi connectivity index (χ2n) is 3.15. The maximum absolute atomic E-state index is 4.38. The van der Waals surface area contributed by atoms with E-state index in [4.69, 9.17) is 0 Å². The van der Waals surface area contributed by atoms with Crippen molar-refractivity contribution in [1.82, 2.24) is 4.98 Å². The van der Waals surface area contributed by atoms with E-state index in [1.165, 1.54) is 5.56 Å². The molecule has 0 aliphatic rings. The molecule has 0 saturated heterocycles.